The molecule has 2 aliphatic carbocycles. The first kappa shape index (κ1) is 21.2. The van der Waals surface area contributed by atoms with E-state index < -0.39 is 16.4 Å². The summed E-state index contributed by atoms with van der Waals surface area (Å²) in [7, 11) is 0. The van der Waals surface area contributed by atoms with Crippen molar-refractivity contribution in [3.63, 3.8) is 0 Å². The van der Waals surface area contributed by atoms with Crippen LogP contribution in [0, 0.1) is 23.2 Å². The number of nitrogens with zero attached hydrogens (tertiary/aromatic N) is 3. The Morgan fingerprint density at radius 3 is 2.53 bits per heavy atom. The van der Waals surface area contributed by atoms with Crippen LogP contribution in [-0.4, -0.2) is 32.2 Å². The van der Waals surface area contributed by atoms with Crippen molar-refractivity contribution < 1.29 is 14.3 Å². The normalized spacial score (nSPS) is 31.8. The Kier molecular flexibility index (Phi) is 4.25. The van der Waals surface area contributed by atoms with Gasteiger partial charge in [-0.1, -0.05) is 33.8 Å². The van der Waals surface area contributed by atoms with Gasteiger partial charge in [-0.3, -0.25) is 9.59 Å². The number of amides is 1. The molecule has 2 bridgehead atoms. The van der Waals surface area contributed by atoms with E-state index in [9.17, 15) is 9.59 Å². The molecule has 5 rings (SSSR count). The number of ether oxygens (including phenoxy) is 1. The Labute approximate surface area is 188 Å². The van der Waals surface area contributed by atoms with Crippen LogP contribution in [0.25, 0.3) is 5.82 Å². The molecule has 0 radical (unpaired) electrons. The number of carbonyl (C=O) groups is 2. The van der Waals surface area contributed by atoms with Crippen LogP contribution in [-0.2, 0) is 20.7 Å². The van der Waals surface area contributed by atoms with Gasteiger partial charge in [0.25, 0.3) is 5.91 Å². The van der Waals surface area contributed by atoms with Gasteiger partial charge in [0.1, 0.15) is 0 Å². The summed E-state index contributed by atoms with van der Waals surface area (Å²) in [5, 5.41) is 8.10. The molecule has 7 nitrogen and oxygen atoms in total. The highest BCUT2D eigenvalue weighted by Gasteiger charge is 2.75. The number of hydrogen-bond donors (Lipinski definition) is 1. The van der Waals surface area contributed by atoms with Crippen LogP contribution in [0.2, 0.25) is 0 Å². The standard InChI is InChI=1S/C25H32N4O3/c1-15-19-16(27-20(30)25-11-10-24(6,21(31)32-25)23(25,4)5)13-22(2,3)14-17(19)29(28-15)18-9-7-8-12-26-18/h7-9,12,16H,10-11,13-14H2,1-6H3,(H,27,30). The van der Waals surface area contributed by atoms with Crippen molar-refractivity contribution in [2.45, 2.75) is 78.9 Å². The van der Waals surface area contributed by atoms with E-state index in [2.05, 4.69) is 24.1 Å². The van der Waals surface area contributed by atoms with Crippen molar-refractivity contribution in [3.8, 4) is 5.82 Å². The lowest BCUT2D eigenvalue weighted by atomic mass is 9.66. The fourth-order valence-corrected chi connectivity index (χ4v) is 6.20. The second-order valence-corrected chi connectivity index (χ2v) is 11.3. The van der Waals surface area contributed by atoms with Gasteiger partial charge in [-0.15, -0.1) is 0 Å². The largest absolute Gasteiger partial charge is 0.448 e. The second kappa shape index (κ2) is 6.42. The first-order valence-corrected chi connectivity index (χ1v) is 11.5. The molecule has 32 heavy (non-hydrogen) atoms. The molecule has 3 unspecified atom stereocenters. The van der Waals surface area contributed by atoms with Crippen LogP contribution >= 0.6 is 0 Å². The number of aryl methyl sites for hydroxylation is 1. The summed E-state index contributed by atoms with van der Waals surface area (Å²) in [6.07, 6.45) is 4.63. The highest BCUT2D eigenvalue weighted by molar-refractivity contribution is 5.96. The van der Waals surface area contributed by atoms with Crippen molar-refractivity contribution in [1.29, 1.82) is 0 Å². The maximum Gasteiger partial charge on any atom is 0.313 e. The summed E-state index contributed by atoms with van der Waals surface area (Å²) in [6.45, 7) is 12.3. The summed E-state index contributed by atoms with van der Waals surface area (Å²) in [6, 6.07) is 5.58. The van der Waals surface area contributed by atoms with Crippen molar-refractivity contribution in [1.82, 2.24) is 20.1 Å². The smallest absolute Gasteiger partial charge is 0.313 e. The fraction of sp³-hybridized carbons (Fsp3) is 0.600. The highest BCUT2D eigenvalue weighted by Crippen LogP contribution is 2.65. The van der Waals surface area contributed by atoms with Gasteiger partial charge in [0.2, 0.25) is 0 Å². The predicted octanol–water partition coefficient (Wildman–Crippen LogP) is 3.83. The topological polar surface area (TPSA) is 86.1 Å². The van der Waals surface area contributed by atoms with Gasteiger partial charge in [-0.05, 0) is 57.1 Å². The lowest BCUT2D eigenvalue weighted by Crippen LogP contribution is -2.54. The van der Waals surface area contributed by atoms with Gasteiger partial charge in [0.05, 0.1) is 22.8 Å². The molecule has 3 atom stereocenters. The molecule has 2 fully saturated rings. The SMILES string of the molecule is Cc1nn(-c2ccccn2)c2c1C(NC(=O)C13CCC(C)(C(=O)O1)C3(C)C)CC(C)(C)C2. The summed E-state index contributed by atoms with van der Waals surface area (Å²) in [4.78, 5) is 30.9. The third-order valence-electron chi connectivity index (χ3n) is 8.58. The Bertz CT molecular complexity index is 1120. The van der Waals surface area contributed by atoms with E-state index in [0.29, 0.717) is 12.8 Å². The molecule has 1 saturated carbocycles. The summed E-state index contributed by atoms with van der Waals surface area (Å²) in [5.41, 5.74) is 0.687. The summed E-state index contributed by atoms with van der Waals surface area (Å²) >= 11 is 0. The fourth-order valence-electron chi connectivity index (χ4n) is 6.20. The van der Waals surface area contributed by atoms with Crippen LogP contribution in [0.15, 0.2) is 24.4 Å². The Hall–Kier alpha value is -2.70. The van der Waals surface area contributed by atoms with Gasteiger partial charge in [0.15, 0.2) is 11.4 Å². The molecule has 0 aromatic carbocycles. The van der Waals surface area contributed by atoms with Crippen LogP contribution in [0.5, 0.6) is 0 Å². The number of rotatable bonds is 3. The second-order valence-electron chi connectivity index (χ2n) is 11.3. The van der Waals surface area contributed by atoms with E-state index in [1.54, 1.807) is 6.20 Å². The highest BCUT2D eigenvalue weighted by atomic mass is 16.6. The Morgan fingerprint density at radius 1 is 1.19 bits per heavy atom. The zero-order valence-corrected chi connectivity index (χ0v) is 19.8. The maximum absolute atomic E-state index is 13.8. The minimum atomic E-state index is -1.12. The minimum absolute atomic E-state index is 0.0340. The van der Waals surface area contributed by atoms with E-state index in [1.165, 1.54) is 0 Å². The monoisotopic (exact) mass is 436 g/mol. The third-order valence-corrected chi connectivity index (χ3v) is 8.58. The van der Waals surface area contributed by atoms with Crippen LogP contribution in [0.4, 0.5) is 0 Å². The zero-order valence-electron chi connectivity index (χ0n) is 19.8. The van der Waals surface area contributed by atoms with Crippen LogP contribution < -0.4 is 5.32 Å². The van der Waals surface area contributed by atoms with Crippen molar-refractivity contribution in [2.24, 2.45) is 16.2 Å². The zero-order chi connectivity index (χ0) is 23.1. The van der Waals surface area contributed by atoms with Crippen LogP contribution in [0.3, 0.4) is 0 Å². The first-order chi connectivity index (χ1) is 14.9. The number of hydrogen-bond acceptors (Lipinski definition) is 5. The van der Waals surface area contributed by atoms with Crippen molar-refractivity contribution in [3.05, 3.63) is 41.3 Å². The first-order valence-electron chi connectivity index (χ1n) is 11.5. The van der Waals surface area contributed by atoms with E-state index in [-0.39, 0.29) is 23.3 Å². The van der Waals surface area contributed by atoms with Gasteiger partial charge in [0, 0.05) is 17.2 Å². The van der Waals surface area contributed by atoms with Gasteiger partial charge in [-0.25, -0.2) is 9.67 Å². The van der Waals surface area contributed by atoms with E-state index in [0.717, 1.165) is 35.6 Å². The molecular weight excluding hydrogens is 404 g/mol. The number of carbonyl (C=O) groups excluding carboxylic acids is 2. The molecule has 2 aromatic heterocycles. The quantitative estimate of drug-likeness (QED) is 0.739. The predicted molar refractivity (Wildman–Crippen MR) is 119 cm³/mol. The molecule has 3 heterocycles. The lowest BCUT2D eigenvalue weighted by molar-refractivity contribution is -0.168. The molecule has 3 aliphatic rings. The third kappa shape index (κ3) is 2.60. The number of fused-ring (bicyclic) bond motifs is 3. The molecule has 2 aromatic rings. The van der Waals surface area contributed by atoms with Crippen LogP contribution in [0.1, 0.15) is 76.9 Å². The minimum Gasteiger partial charge on any atom is -0.448 e. The molecule has 1 aliphatic heterocycles. The molecule has 170 valence electrons. The van der Waals surface area contributed by atoms with Gasteiger partial charge < -0.3 is 10.1 Å². The molecule has 7 heteroatoms. The van der Waals surface area contributed by atoms with E-state index in [1.807, 2.05) is 50.6 Å². The molecular formula is C25H32N4O3. The van der Waals surface area contributed by atoms with E-state index in [4.69, 9.17) is 9.84 Å². The number of pyridine rings is 1. The number of esters is 1. The van der Waals surface area contributed by atoms with Gasteiger partial charge >= 0.3 is 5.97 Å². The molecule has 1 saturated heterocycles. The number of aromatic nitrogens is 3. The Balaban J connectivity index is 1.53. The summed E-state index contributed by atoms with van der Waals surface area (Å²) in [5.74, 6) is 0.332. The summed E-state index contributed by atoms with van der Waals surface area (Å²) < 4.78 is 7.74. The average Bonchev–Trinajstić information content (AvgIpc) is 3.20. The molecule has 1 N–H and O–H groups in total. The lowest BCUT2D eigenvalue weighted by Gasteiger charge is -2.40. The maximum atomic E-state index is 13.8. The molecule has 1 amide bonds. The van der Waals surface area contributed by atoms with E-state index >= 15 is 0 Å². The van der Waals surface area contributed by atoms with Crippen molar-refractivity contribution >= 4 is 11.9 Å². The molecule has 0 spiro atoms. The van der Waals surface area contributed by atoms with Gasteiger partial charge in [-0.2, -0.15) is 5.10 Å². The average molecular weight is 437 g/mol. The Morgan fingerprint density at radius 2 is 1.94 bits per heavy atom. The number of nitrogens with one attached hydrogen (secondary N) is 1. The van der Waals surface area contributed by atoms with Crippen molar-refractivity contribution in [2.75, 3.05) is 0 Å².